The number of piperidine rings is 1. The standard InChI is InChI=1S/C15H23N3O3/c1-11-3-4-12(14(20)18-11)13(19)17-9-15(10-21-2)5-7-16-8-6-15/h3-4,16H,5-10H2,1-2H3,(H,17,19)(H,18,20). The Morgan fingerprint density at radius 1 is 1.38 bits per heavy atom. The minimum atomic E-state index is -0.349. The van der Waals surface area contributed by atoms with Gasteiger partial charge < -0.3 is 20.4 Å². The molecule has 0 aliphatic carbocycles. The van der Waals surface area contributed by atoms with Crippen molar-refractivity contribution in [2.75, 3.05) is 33.4 Å². The second-order valence-electron chi connectivity index (χ2n) is 5.75. The van der Waals surface area contributed by atoms with E-state index < -0.39 is 0 Å². The van der Waals surface area contributed by atoms with Crippen molar-refractivity contribution in [3.8, 4) is 0 Å². The second kappa shape index (κ2) is 6.87. The number of carbonyl (C=O) groups excluding carboxylic acids is 1. The van der Waals surface area contributed by atoms with Crippen LogP contribution in [-0.2, 0) is 4.74 Å². The zero-order valence-corrected chi connectivity index (χ0v) is 12.6. The number of aryl methyl sites for hydroxylation is 1. The van der Waals surface area contributed by atoms with Crippen molar-refractivity contribution in [2.24, 2.45) is 5.41 Å². The van der Waals surface area contributed by atoms with Crippen LogP contribution >= 0.6 is 0 Å². The van der Waals surface area contributed by atoms with E-state index >= 15 is 0 Å². The summed E-state index contributed by atoms with van der Waals surface area (Å²) in [4.78, 5) is 26.6. The molecule has 1 amide bonds. The summed E-state index contributed by atoms with van der Waals surface area (Å²) >= 11 is 0. The van der Waals surface area contributed by atoms with Gasteiger partial charge in [0.1, 0.15) is 5.56 Å². The number of aromatic nitrogens is 1. The highest BCUT2D eigenvalue weighted by Gasteiger charge is 2.32. The minimum Gasteiger partial charge on any atom is -0.384 e. The number of pyridine rings is 1. The SMILES string of the molecule is COCC1(CNC(=O)c2ccc(C)[nH]c2=O)CCNCC1. The smallest absolute Gasteiger partial charge is 0.260 e. The molecule has 2 rings (SSSR count). The number of rotatable bonds is 5. The van der Waals surface area contributed by atoms with Crippen molar-refractivity contribution < 1.29 is 9.53 Å². The molecule has 1 saturated heterocycles. The normalized spacial score (nSPS) is 17.4. The summed E-state index contributed by atoms with van der Waals surface area (Å²) in [6.07, 6.45) is 1.90. The summed E-state index contributed by atoms with van der Waals surface area (Å²) in [5, 5.41) is 6.20. The Hall–Kier alpha value is -1.66. The Morgan fingerprint density at radius 3 is 2.71 bits per heavy atom. The molecule has 1 fully saturated rings. The third kappa shape index (κ3) is 3.92. The number of ether oxygens (including phenoxy) is 1. The molecule has 2 heterocycles. The maximum absolute atomic E-state index is 12.2. The van der Waals surface area contributed by atoms with Gasteiger partial charge in [0.15, 0.2) is 0 Å². The Bertz CT molecular complexity index is 542. The Morgan fingerprint density at radius 2 is 2.10 bits per heavy atom. The minimum absolute atomic E-state index is 0.0485. The van der Waals surface area contributed by atoms with Crippen molar-refractivity contribution in [1.82, 2.24) is 15.6 Å². The largest absolute Gasteiger partial charge is 0.384 e. The molecular weight excluding hydrogens is 270 g/mol. The van der Waals surface area contributed by atoms with E-state index in [2.05, 4.69) is 15.6 Å². The van der Waals surface area contributed by atoms with E-state index in [4.69, 9.17) is 4.74 Å². The molecule has 0 radical (unpaired) electrons. The summed E-state index contributed by atoms with van der Waals surface area (Å²) in [6, 6.07) is 3.29. The summed E-state index contributed by atoms with van der Waals surface area (Å²) in [5.41, 5.74) is 0.499. The van der Waals surface area contributed by atoms with Gasteiger partial charge in [0, 0.05) is 24.8 Å². The predicted octanol–water partition coefficient (Wildman–Crippen LogP) is 0.429. The first-order valence-electron chi connectivity index (χ1n) is 7.24. The number of hydrogen-bond acceptors (Lipinski definition) is 4. The van der Waals surface area contributed by atoms with Crippen LogP contribution in [-0.4, -0.2) is 44.2 Å². The van der Waals surface area contributed by atoms with Crippen LogP contribution in [0.5, 0.6) is 0 Å². The molecule has 6 nitrogen and oxygen atoms in total. The van der Waals surface area contributed by atoms with Crippen LogP contribution in [0, 0.1) is 12.3 Å². The lowest BCUT2D eigenvalue weighted by atomic mass is 9.79. The second-order valence-corrected chi connectivity index (χ2v) is 5.75. The highest BCUT2D eigenvalue weighted by Crippen LogP contribution is 2.28. The first kappa shape index (κ1) is 15.7. The number of nitrogens with one attached hydrogen (secondary N) is 3. The summed E-state index contributed by atoms with van der Waals surface area (Å²) in [5.74, 6) is -0.328. The molecule has 3 N–H and O–H groups in total. The van der Waals surface area contributed by atoms with Crippen LogP contribution in [0.15, 0.2) is 16.9 Å². The van der Waals surface area contributed by atoms with Crippen LogP contribution in [0.4, 0.5) is 0 Å². The predicted molar refractivity (Wildman–Crippen MR) is 80.5 cm³/mol. The van der Waals surface area contributed by atoms with Crippen molar-refractivity contribution >= 4 is 5.91 Å². The molecule has 116 valence electrons. The van der Waals surface area contributed by atoms with E-state index in [1.807, 2.05) is 0 Å². The van der Waals surface area contributed by atoms with Gasteiger partial charge in [-0.15, -0.1) is 0 Å². The third-order valence-electron chi connectivity index (χ3n) is 4.04. The van der Waals surface area contributed by atoms with E-state index in [-0.39, 0.29) is 22.4 Å². The fourth-order valence-electron chi connectivity index (χ4n) is 2.75. The average molecular weight is 293 g/mol. The van der Waals surface area contributed by atoms with E-state index in [9.17, 15) is 9.59 Å². The van der Waals surface area contributed by atoms with Gasteiger partial charge in [0.05, 0.1) is 6.61 Å². The van der Waals surface area contributed by atoms with E-state index in [1.165, 1.54) is 0 Å². The van der Waals surface area contributed by atoms with E-state index in [1.54, 1.807) is 26.2 Å². The molecule has 1 aromatic heterocycles. The maximum atomic E-state index is 12.2. The van der Waals surface area contributed by atoms with Gasteiger partial charge in [-0.1, -0.05) is 0 Å². The van der Waals surface area contributed by atoms with E-state index in [0.717, 1.165) is 31.6 Å². The number of hydrogen-bond donors (Lipinski definition) is 3. The first-order valence-corrected chi connectivity index (χ1v) is 7.24. The number of H-pyrrole nitrogens is 1. The van der Waals surface area contributed by atoms with Crippen LogP contribution < -0.4 is 16.2 Å². The molecule has 0 atom stereocenters. The van der Waals surface area contributed by atoms with Gasteiger partial charge in [-0.25, -0.2) is 0 Å². The van der Waals surface area contributed by atoms with Crippen molar-refractivity contribution in [2.45, 2.75) is 19.8 Å². The first-order chi connectivity index (χ1) is 10.1. The van der Waals surface area contributed by atoms with Crippen molar-refractivity contribution in [3.63, 3.8) is 0 Å². The molecule has 0 saturated carbocycles. The molecule has 0 spiro atoms. The molecule has 1 aliphatic heterocycles. The topological polar surface area (TPSA) is 83.2 Å². The molecule has 0 unspecified atom stereocenters. The van der Waals surface area contributed by atoms with Gasteiger partial charge in [-0.2, -0.15) is 0 Å². The number of carbonyl (C=O) groups is 1. The highest BCUT2D eigenvalue weighted by molar-refractivity contribution is 5.93. The monoisotopic (exact) mass is 293 g/mol. The Kier molecular flexibility index (Phi) is 5.14. The number of amides is 1. The van der Waals surface area contributed by atoms with Crippen LogP contribution in [0.1, 0.15) is 28.9 Å². The molecule has 1 aromatic rings. The van der Waals surface area contributed by atoms with Gasteiger partial charge in [-0.3, -0.25) is 9.59 Å². The van der Waals surface area contributed by atoms with Gasteiger partial charge in [0.25, 0.3) is 11.5 Å². The Labute approximate surface area is 124 Å². The summed E-state index contributed by atoms with van der Waals surface area (Å²) in [6.45, 7) is 4.76. The quantitative estimate of drug-likeness (QED) is 0.735. The van der Waals surface area contributed by atoms with E-state index in [0.29, 0.717) is 13.2 Å². The third-order valence-corrected chi connectivity index (χ3v) is 4.04. The highest BCUT2D eigenvalue weighted by atomic mass is 16.5. The van der Waals surface area contributed by atoms with Crippen LogP contribution in [0.2, 0.25) is 0 Å². The molecule has 0 aromatic carbocycles. The van der Waals surface area contributed by atoms with Crippen molar-refractivity contribution in [3.05, 3.63) is 33.7 Å². The molecule has 1 aliphatic rings. The fraction of sp³-hybridized carbons (Fsp3) is 0.600. The molecule has 21 heavy (non-hydrogen) atoms. The fourth-order valence-corrected chi connectivity index (χ4v) is 2.75. The van der Waals surface area contributed by atoms with Gasteiger partial charge >= 0.3 is 0 Å². The van der Waals surface area contributed by atoms with Gasteiger partial charge in [0.2, 0.25) is 0 Å². The average Bonchev–Trinajstić information content (AvgIpc) is 2.46. The summed E-state index contributed by atoms with van der Waals surface area (Å²) < 4.78 is 5.32. The zero-order chi connectivity index (χ0) is 15.3. The number of methoxy groups -OCH3 is 1. The Balaban J connectivity index is 2.03. The number of aromatic amines is 1. The zero-order valence-electron chi connectivity index (χ0n) is 12.6. The van der Waals surface area contributed by atoms with Crippen molar-refractivity contribution in [1.29, 1.82) is 0 Å². The summed E-state index contributed by atoms with van der Waals surface area (Å²) in [7, 11) is 1.68. The lowest BCUT2D eigenvalue weighted by Gasteiger charge is -2.37. The lowest BCUT2D eigenvalue weighted by molar-refractivity contribution is 0.0511. The molecule has 0 bridgehead atoms. The molecule has 6 heteroatoms. The molecular formula is C15H23N3O3. The lowest BCUT2D eigenvalue weighted by Crippen LogP contribution is -2.47. The van der Waals surface area contributed by atoms with Crippen LogP contribution in [0.25, 0.3) is 0 Å². The van der Waals surface area contributed by atoms with Crippen LogP contribution in [0.3, 0.4) is 0 Å². The maximum Gasteiger partial charge on any atom is 0.260 e. The van der Waals surface area contributed by atoms with Gasteiger partial charge in [-0.05, 0) is 45.0 Å².